The van der Waals surface area contributed by atoms with Crippen LogP contribution in [0.15, 0.2) is 18.6 Å². The lowest BCUT2D eigenvalue weighted by atomic mass is 10.1. The Hall–Kier alpha value is -1.11. The van der Waals surface area contributed by atoms with Crippen LogP contribution in [-0.4, -0.2) is 14.8 Å². The number of halogens is 1. The Morgan fingerprint density at radius 1 is 1.38 bits per heavy atom. The first-order valence-corrected chi connectivity index (χ1v) is 6.04. The maximum Gasteiger partial charge on any atom is 0.0835 e. The van der Waals surface area contributed by atoms with Gasteiger partial charge in [-0.1, -0.05) is 0 Å². The number of hydrogen-bond donors (Lipinski definition) is 1. The third-order valence-electron chi connectivity index (χ3n) is 2.59. The van der Waals surface area contributed by atoms with E-state index in [0.29, 0.717) is 6.54 Å². The average Bonchev–Trinajstić information content (AvgIpc) is 2.65. The Balaban J connectivity index is 2.32. The molecule has 2 aromatic rings. The molecule has 0 fully saturated rings. The second-order valence-electron chi connectivity index (χ2n) is 3.78. The number of nitrogens with two attached hydrogens (primary N) is 1. The van der Waals surface area contributed by atoms with Crippen molar-refractivity contribution in [2.75, 3.05) is 5.73 Å². The van der Waals surface area contributed by atoms with Gasteiger partial charge in [-0.15, -0.1) is 0 Å². The summed E-state index contributed by atoms with van der Waals surface area (Å²) in [5, 5.41) is 4.23. The van der Waals surface area contributed by atoms with Crippen LogP contribution >= 0.6 is 22.6 Å². The fraction of sp³-hybridized carbons (Fsp3) is 0.273. The highest BCUT2D eigenvalue weighted by Gasteiger charge is 2.07. The van der Waals surface area contributed by atoms with Crippen molar-refractivity contribution >= 4 is 28.3 Å². The van der Waals surface area contributed by atoms with E-state index in [1.165, 1.54) is 0 Å². The van der Waals surface area contributed by atoms with Gasteiger partial charge < -0.3 is 5.73 Å². The fourth-order valence-electron chi connectivity index (χ4n) is 1.53. The molecule has 0 amide bonds. The lowest BCUT2D eigenvalue weighted by molar-refractivity contribution is 0.669. The molecule has 2 rings (SSSR count). The molecular formula is C11H13IN4. The van der Waals surface area contributed by atoms with E-state index in [9.17, 15) is 0 Å². The molecule has 2 heterocycles. The van der Waals surface area contributed by atoms with Gasteiger partial charge >= 0.3 is 0 Å². The zero-order valence-electron chi connectivity index (χ0n) is 9.24. The van der Waals surface area contributed by atoms with Crippen molar-refractivity contribution < 1.29 is 0 Å². The van der Waals surface area contributed by atoms with E-state index in [4.69, 9.17) is 5.73 Å². The quantitative estimate of drug-likeness (QED) is 0.860. The fourth-order valence-corrected chi connectivity index (χ4v) is 1.98. The minimum Gasteiger partial charge on any atom is -0.398 e. The summed E-state index contributed by atoms with van der Waals surface area (Å²) in [6.45, 7) is 4.63. The summed E-state index contributed by atoms with van der Waals surface area (Å²) in [5.74, 6) is 0. The van der Waals surface area contributed by atoms with Gasteiger partial charge in [0.05, 0.1) is 22.0 Å². The van der Waals surface area contributed by atoms with E-state index >= 15 is 0 Å². The summed E-state index contributed by atoms with van der Waals surface area (Å²) < 4.78 is 2.99. The summed E-state index contributed by atoms with van der Waals surface area (Å²) in [6.07, 6.45) is 5.62. The van der Waals surface area contributed by atoms with Gasteiger partial charge in [-0.2, -0.15) is 5.10 Å². The summed E-state index contributed by atoms with van der Waals surface area (Å²) in [5.41, 5.74) is 9.84. The van der Waals surface area contributed by atoms with Gasteiger partial charge in [-0.25, -0.2) is 0 Å². The van der Waals surface area contributed by atoms with Gasteiger partial charge in [0.2, 0.25) is 0 Å². The average molecular weight is 328 g/mol. The number of rotatable bonds is 2. The zero-order chi connectivity index (χ0) is 11.7. The Morgan fingerprint density at radius 3 is 2.75 bits per heavy atom. The maximum atomic E-state index is 5.97. The van der Waals surface area contributed by atoms with Gasteiger partial charge in [0.15, 0.2) is 0 Å². The zero-order valence-corrected chi connectivity index (χ0v) is 11.4. The van der Waals surface area contributed by atoms with E-state index in [0.717, 1.165) is 26.1 Å². The lowest BCUT2D eigenvalue weighted by Gasteiger charge is -2.09. The van der Waals surface area contributed by atoms with Crippen LogP contribution in [0.25, 0.3) is 0 Å². The maximum absolute atomic E-state index is 5.97. The van der Waals surface area contributed by atoms with Crippen LogP contribution in [0.3, 0.4) is 0 Å². The van der Waals surface area contributed by atoms with Gasteiger partial charge in [0.1, 0.15) is 0 Å². The van der Waals surface area contributed by atoms with Crippen molar-refractivity contribution in [2.24, 2.45) is 0 Å². The smallest absolute Gasteiger partial charge is 0.0835 e. The normalized spacial score (nSPS) is 10.7. The van der Waals surface area contributed by atoms with Crippen LogP contribution in [-0.2, 0) is 6.54 Å². The highest BCUT2D eigenvalue weighted by atomic mass is 127. The lowest BCUT2D eigenvalue weighted by Crippen LogP contribution is -2.07. The van der Waals surface area contributed by atoms with E-state index in [2.05, 4.69) is 32.7 Å². The SMILES string of the molecule is Cc1cnc(Cn2cc(I)cn2)c(C)c1N. The van der Waals surface area contributed by atoms with E-state index < -0.39 is 0 Å². The summed E-state index contributed by atoms with van der Waals surface area (Å²) >= 11 is 2.24. The first-order chi connectivity index (χ1) is 7.58. The first kappa shape index (κ1) is 11.4. The third-order valence-corrected chi connectivity index (χ3v) is 3.15. The van der Waals surface area contributed by atoms with Crippen molar-refractivity contribution in [3.63, 3.8) is 0 Å². The molecule has 16 heavy (non-hydrogen) atoms. The third kappa shape index (κ3) is 2.18. The molecule has 2 N–H and O–H groups in total. The molecule has 0 aromatic carbocycles. The second kappa shape index (κ2) is 4.40. The molecule has 0 radical (unpaired) electrons. The molecule has 0 spiro atoms. The molecule has 0 aliphatic rings. The molecule has 4 nitrogen and oxygen atoms in total. The molecule has 0 bridgehead atoms. The molecule has 84 valence electrons. The molecule has 0 aliphatic heterocycles. The molecule has 0 saturated carbocycles. The highest BCUT2D eigenvalue weighted by molar-refractivity contribution is 14.1. The Labute approximate surface area is 108 Å². The molecule has 0 atom stereocenters. The van der Waals surface area contributed by atoms with Crippen LogP contribution in [0.4, 0.5) is 5.69 Å². The van der Waals surface area contributed by atoms with Crippen LogP contribution in [0, 0.1) is 17.4 Å². The highest BCUT2D eigenvalue weighted by Crippen LogP contribution is 2.18. The number of nitrogen functional groups attached to an aromatic ring is 1. The van der Waals surface area contributed by atoms with Crippen LogP contribution < -0.4 is 5.73 Å². The van der Waals surface area contributed by atoms with E-state index in [-0.39, 0.29) is 0 Å². The molecule has 2 aromatic heterocycles. The molecule has 5 heteroatoms. The van der Waals surface area contributed by atoms with E-state index in [1.807, 2.05) is 37.1 Å². The number of nitrogens with zero attached hydrogens (tertiary/aromatic N) is 3. The predicted octanol–water partition coefficient (Wildman–Crippen LogP) is 2.13. The summed E-state index contributed by atoms with van der Waals surface area (Å²) in [4.78, 5) is 4.40. The van der Waals surface area contributed by atoms with Crippen molar-refractivity contribution in [3.8, 4) is 0 Å². The first-order valence-electron chi connectivity index (χ1n) is 4.96. The number of hydrogen-bond acceptors (Lipinski definition) is 3. The van der Waals surface area contributed by atoms with Crippen LogP contribution in [0.1, 0.15) is 16.8 Å². The van der Waals surface area contributed by atoms with Crippen LogP contribution in [0.5, 0.6) is 0 Å². The Kier molecular flexibility index (Phi) is 3.13. The number of aryl methyl sites for hydroxylation is 1. The number of anilines is 1. The minimum absolute atomic E-state index is 0.666. The van der Waals surface area contributed by atoms with Crippen LogP contribution in [0.2, 0.25) is 0 Å². The monoisotopic (exact) mass is 328 g/mol. The number of pyridine rings is 1. The molecule has 0 unspecified atom stereocenters. The Bertz CT molecular complexity index is 519. The topological polar surface area (TPSA) is 56.7 Å². The van der Waals surface area contributed by atoms with Crippen molar-refractivity contribution in [3.05, 3.63) is 39.0 Å². The van der Waals surface area contributed by atoms with Crippen molar-refractivity contribution in [1.82, 2.24) is 14.8 Å². The second-order valence-corrected chi connectivity index (χ2v) is 5.03. The van der Waals surface area contributed by atoms with E-state index in [1.54, 1.807) is 0 Å². The summed E-state index contributed by atoms with van der Waals surface area (Å²) in [7, 11) is 0. The van der Waals surface area contributed by atoms with Crippen molar-refractivity contribution in [1.29, 1.82) is 0 Å². The largest absolute Gasteiger partial charge is 0.398 e. The Morgan fingerprint density at radius 2 is 2.12 bits per heavy atom. The summed E-state index contributed by atoms with van der Waals surface area (Å²) in [6, 6.07) is 0. The predicted molar refractivity (Wildman–Crippen MR) is 72.2 cm³/mol. The van der Waals surface area contributed by atoms with Gasteiger partial charge in [-0.3, -0.25) is 9.67 Å². The van der Waals surface area contributed by atoms with Crippen molar-refractivity contribution in [2.45, 2.75) is 20.4 Å². The van der Waals surface area contributed by atoms with Gasteiger partial charge in [0.25, 0.3) is 0 Å². The standard InChI is InChI=1S/C11H13IN4/c1-7-3-14-10(8(2)11(7)13)6-16-5-9(12)4-15-16/h3-5H,6H2,1-2H3,(H2,13,14). The minimum atomic E-state index is 0.666. The number of aromatic nitrogens is 3. The molecular weight excluding hydrogens is 315 g/mol. The molecule has 0 saturated heterocycles. The molecule has 0 aliphatic carbocycles. The van der Waals surface area contributed by atoms with Gasteiger partial charge in [-0.05, 0) is 47.6 Å². The van der Waals surface area contributed by atoms with Gasteiger partial charge in [0, 0.05) is 18.1 Å².